The lowest BCUT2D eigenvalue weighted by Crippen LogP contribution is -2.16. The largest absolute Gasteiger partial charge is 0.454 e. The zero-order valence-electron chi connectivity index (χ0n) is 17.7. The number of ether oxygens (including phenoxy) is 1. The predicted molar refractivity (Wildman–Crippen MR) is 126 cm³/mol. The Balaban J connectivity index is 1.99. The number of aromatic nitrogens is 2. The van der Waals surface area contributed by atoms with Gasteiger partial charge in [0.05, 0.1) is 22.2 Å². The van der Waals surface area contributed by atoms with Crippen LogP contribution in [0.5, 0.6) is 11.5 Å². The number of carbonyl (C=O) groups is 1. The summed E-state index contributed by atoms with van der Waals surface area (Å²) >= 11 is 1.36. The molecular formula is C23H20F2N4O3S. The van der Waals surface area contributed by atoms with E-state index in [1.165, 1.54) is 22.6 Å². The number of benzene rings is 2. The van der Waals surface area contributed by atoms with Gasteiger partial charge in [0, 0.05) is 42.4 Å². The maximum absolute atomic E-state index is 14.4. The highest BCUT2D eigenvalue weighted by Crippen LogP contribution is 2.40. The molecule has 4 N–H and O–H groups in total. The zero-order valence-corrected chi connectivity index (χ0v) is 18.6. The van der Waals surface area contributed by atoms with E-state index in [4.69, 9.17) is 10.5 Å². The van der Waals surface area contributed by atoms with Crippen LogP contribution in [0, 0.1) is 11.6 Å². The molecule has 4 aromatic rings. The van der Waals surface area contributed by atoms with E-state index in [0.29, 0.717) is 39.5 Å². The third kappa shape index (κ3) is 4.29. The van der Waals surface area contributed by atoms with Gasteiger partial charge in [0.15, 0.2) is 11.6 Å². The summed E-state index contributed by atoms with van der Waals surface area (Å²) < 4.78 is 38.1. The molecular weight excluding hydrogens is 450 g/mol. The second-order valence-corrected chi connectivity index (χ2v) is 8.27. The Labute approximate surface area is 191 Å². The standard InChI is InChI=1S/C23H20F2N4O3S/c1-3-33-28-18-9-14(16-11-29(2)23(31)13-6-7-27-21(13)16)20(10-15(18)22(26)30)32-19-5-4-12(24)8-17(19)25/h4-11,27-28H,3H2,1-2H3,(H2,26,30). The normalized spacial score (nSPS) is 11.0. The molecule has 0 fully saturated rings. The number of rotatable bonds is 7. The Morgan fingerprint density at radius 2 is 1.97 bits per heavy atom. The van der Waals surface area contributed by atoms with Gasteiger partial charge in [-0.3, -0.25) is 9.59 Å². The van der Waals surface area contributed by atoms with Crippen molar-refractivity contribution in [3.63, 3.8) is 0 Å². The van der Waals surface area contributed by atoms with Crippen molar-refractivity contribution in [2.24, 2.45) is 12.8 Å². The van der Waals surface area contributed by atoms with E-state index >= 15 is 0 Å². The molecule has 0 aliphatic rings. The van der Waals surface area contributed by atoms with Crippen molar-refractivity contribution in [1.29, 1.82) is 0 Å². The summed E-state index contributed by atoms with van der Waals surface area (Å²) in [6.45, 7) is 1.94. The number of halogens is 2. The minimum absolute atomic E-state index is 0.107. The fourth-order valence-electron chi connectivity index (χ4n) is 3.47. The summed E-state index contributed by atoms with van der Waals surface area (Å²) in [6.07, 6.45) is 3.25. The molecule has 0 radical (unpaired) electrons. The molecule has 170 valence electrons. The van der Waals surface area contributed by atoms with Gasteiger partial charge < -0.3 is 24.7 Å². The first-order valence-electron chi connectivity index (χ1n) is 9.95. The summed E-state index contributed by atoms with van der Waals surface area (Å²) in [4.78, 5) is 27.7. The average Bonchev–Trinajstić information content (AvgIpc) is 3.27. The first-order valence-corrected chi connectivity index (χ1v) is 10.9. The number of primary amides is 1. The van der Waals surface area contributed by atoms with Crippen molar-refractivity contribution in [3.05, 3.63) is 76.3 Å². The van der Waals surface area contributed by atoms with Gasteiger partial charge in [-0.1, -0.05) is 18.9 Å². The number of hydrogen-bond donors (Lipinski definition) is 3. The Bertz CT molecular complexity index is 1430. The number of fused-ring (bicyclic) bond motifs is 1. The first kappa shape index (κ1) is 22.4. The minimum Gasteiger partial charge on any atom is -0.454 e. The number of hydrogen-bond acceptors (Lipinski definition) is 5. The number of aryl methyl sites for hydroxylation is 1. The molecule has 0 unspecified atom stereocenters. The topological polar surface area (TPSA) is 102 Å². The van der Waals surface area contributed by atoms with E-state index < -0.39 is 17.5 Å². The Morgan fingerprint density at radius 1 is 1.18 bits per heavy atom. The average molecular weight is 471 g/mol. The molecule has 2 heterocycles. The Hall–Kier alpha value is -3.79. The van der Waals surface area contributed by atoms with Crippen molar-refractivity contribution in [3.8, 4) is 22.6 Å². The molecule has 0 saturated carbocycles. The fraction of sp³-hybridized carbons (Fsp3) is 0.130. The molecule has 2 aromatic heterocycles. The molecule has 1 amide bonds. The summed E-state index contributed by atoms with van der Waals surface area (Å²) in [7, 11) is 1.61. The predicted octanol–water partition coefficient (Wildman–Crippen LogP) is 4.78. The number of carbonyl (C=O) groups excluding carboxylic acids is 1. The molecule has 0 aliphatic heterocycles. The molecule has 0 spiro atoms. The SMILES string of the molecule is CCSNc1cc(-c2cn(C)c(=O)c3cc[nH]c23)c(Oc2ccc(F)cc2F)cc1C(N)=O. The number of nitrogens with two attached hydrogens (primary N) is 1. The van der Waals surface area contributed by atoms with Crippen LogP contribution in [0.4, 0.5) is 14.5 Å². The number of H-pyrrole nitrogens is 1. The highest BCUT2D eigenvalue weighted by molar-refractivity contribution is 8.00. The highest BCUT2D eigenvalue weighted by atomic mass is 32.2. The lowest BCUT2D eigenvalue weighted by Gasteiger charge is -2.18. The summed E-state index contributed by atoms with van der Waals surface area (Å²) in [5, 5.41) is 0.449. The van der Waals surface area contributed by atoms with Crippen LogP contribution in [0.2, 0.25) is 0 Å². The summed E-state index contributed by atoms with van der Waals surface area (Å²) in [5.41, 5.74) is 7.54. The molecule has 0 bridgehead atoms. The van der Waals surface area contributed by atoms with Gasteiger partial charge in [0.25, 0.3) is 11.5 Å². The maximum atomic E-state index is 14.4. The number of anilines is 1. The van der Waals surface area contributed by atoms with Crippen molar-refractivity contribution in [2.75, 3.05) is 10.5 Å². The second kappa shape index (κ2) is 8.99. The van der Waals surface area contributed by atoms with Gasteiger partial charge in [-0.15, -0.1) is 0 Å². The monoisotopic (exact) mass is 470 g/mol. The van der Waals surface area contributed by atoms with E-state index in [2.05, 4.69) is 9.71 Å². The molecule has 0 aliphatic carbocycles. The van der Waals surface area contributed by atoms with Gasteiger partial charge in [0.1, 0.15) is 11.6 Å². The van der Waals surface area contributed by atoms with Gasteiger partial charge in [-0.05, 0) is 30.3 Å². The first-order chi connectivity index (χ1) is 15.8. The minimum atomic E-state index is -0.907. The van der Waals surface area contributed by atoms with E-state index in [9.17, 15) is 18.4 Å². The number of nitrogens with zero attached hydrogens (tertiary/aromatic N) is 1. The van der Waals surface area contributed by atoms with Crippen molar-refractivity contribution in [1.82, 2.24) is 9.55 Å². The summed E-state index contributed by atoms with van der Waals surface area (Å²) in [6, 6.07) is 7.63. The van der Waals surface area contributed by atoms with Gasteiger partial charge in [-0.2, -0.15) is 0 Å². The Kier molecular flexibility index (Phi) is 6.10. The number of amides is 1. The Morgan fingerprint density at radius 3 is 2.67 bits per heavy atom. The zero-order chi connectivity index (χ0) is 23.7. The van der Waals surface area contributed by atoms with Gasteiger partial charge >= 0.3 is 0 Å². The van der Waals surface area contributed by atoms with E-state index in [-0.39, 0.29) is 22.6 Å². The molecule has 0 saturated heterocycles. The van der Waals surface area contributed by atoms with Crippen LogP contribution in [0.15, 0.2) is 53.6 Å². The van der Waals surface area contributed by atoms with Crippen molar-refractivity contribution in [2.45, 2.75) is 6.92 Å². The quantitative estimate of drug-likeness (QED) is 0.337. The molecule has 7 nitrogen and oxygen atoms in total. The van der Waals surface area contributed by atoms with Crippen LogP contribution in [0.1, 0.15) is 17.3 Å². The van der Waals surface area contributed by atoms with Gasteiger partial charge in [-0.25, -0.2) is 8.78 Å². The maximum Gasteiger partial charge on any atom is 0.259 e. The molecule has 2 aromatic carbocycles. The fourth-order valence-corrected chi connectivity index (χ4v) is 3.94. The van der Waals surface area contributed by atoms with Crippen LogP contribution in [-0.2, 0) is 7.05 Å². The van der Waals surface area contributed by atoms with Crippen LogP contribution in [-0.4, -0.2) is 21.2 Å². The van der Waals surface area contributed by atoms with Crippen molar-refractivity contribution >= 4 is 34.4 Å². The third-order valence-electron chi connectivity index (χ3n) is 5.01. The number of nitrogens with one attached hydrogen (secondary N) is 2. The van der Waals surface area contributed by atoms with Crippen molar-refractivity contribution < 1.29 is 18.3 Å². The van der Waals surface area contributed by atoms with Crippen LogP contribution < -0.4 is 20.8 Å². The molecule has 33 heavy (non-hydrogen) atoms. The van der Waals surface area contributed by atoms with Crippen LogP contribution >= 0.6 is 11.9 Å². The molecule has 10 heteroatoms. The third-order valence-corrected chi connectivity index (χ3v) is 5.66. The molecule has 4 rings (SSSR count). The molecule has 0 atom stereocenters. The highest BCUT2D eigenvalue weighted by Gasteiger charge is 2.21. The smallest absolute Gasteiger partial charge is 0.259 e. The number of aromatic amines is 1. The van der Waals surface area contributed by atoms with Crippen LogP contribution in [0.3, 0.4) is 0 Å². The number of pyridine rings is 1. The van der Waals surface area contributed by atoms with E-state index in [1.54, 1.807) is 31.6 Å². The van der Waals surface area contributed by atoms with E-state index in [0.717, 1.165) is 12.1 Å². The van der Waals surface area contributed by atoms with Crippen LogP contribution in [0.25, 0.3) is 22.0 Å². The van der Waals surface area contributed by atoms with E-state index in [1.807, 2.05) is 6.92 Å². The summed E-state index contributed by atoms with van der Waals surface area (Å²) in [5.74, 6) is -1.78. The lowest BCUT2D eigenvalue weighted by molar-refractivity contribution is 0.100. The second-order valence-electron chi connectivity index (χ2n) is 7.20. The lowest BCUT2D eigenvalue weighted by atomic mass is 10.00. The van der Waals surface area contributed by atoms with Gasteiger partial charge in [0.2, 0.25) is 0 Å².